The lowest BCUT2D eigenvalue weighted by Crippen LogP contribution is -2.46. The Morgan fingerprint density at radius 2 is 1.82 bits per heavy atom. The fourth-order valence-electron chi connectivity index (χ4n) is 3.71. The van der Waals surface area contributed by atoms with Crippen molar-refractivity contribution in [1.29, 1.82) is 0 Å². The molecule has 0 unspecified atom stereocenters. The maximum Gasteiger partial charge on any atom is 0.142 e. The molecule has 3 aromatic rings. The van der Waals surface area contributed by atoms with Crippen molar-refractivity contribution >= 4 is 5.69 Å². The van der Waals surface area contributed by atoms with Gasteiger partial charge in [0.05, 0.1) is 24.7 Å². The predicted octanol–water partition coefficient (Wildman–Crippen LogP) is 2.56. The van der Waals surface area contributed by atoms with Crippen molar-refractivity contribution in [3.63, 3.8) is 0 Å². The molecular formula is C21H26N6O. The quantitative estimate of drug-likeness (QED) is 0.630. The molecule has 0 saturated carbocycles. The summed E-state index contributed by atoms with van der Waals surface area (Å²) < 4.78 is 7.48. The van der Waals surface area contributed by atoms with Gasteiger partial charge < -0.3 is 9.64 Å². The van der Waals surface area contributed by atoms with Crippen LogP contribution in [-0.4, -0.2) is 64.7 Å². The highest BCUT2D eigenvalue weighted by molar-refractivity contribution is 5.58. The Balaban J connectivity index is 1.27. The summed E-state index contributed by atoms with van der Waals surface area (Å²) in [4.78, 5) is 9.12. The third kappa shape index (κ3) is 4.14. The van der Waals surface area contributed by atoms with E-state index in [0.29, 0.717) is 0 Å². The molecule has 28 heavy (non-hydrogen) atoms. The van der Waals surface area contributed by atoms with E-state index >= 15 is 0 Å². The Morgan fingerprint density at radius 3 is 2.61 bits per heavy atom. The van der Waals surface area contributed by atoms with Crippen LogP contribution in [0, 0.1) is 0 Å². The van der Waals surface area contributed by atoms with Gasteiger partial charge in [-0.15, -0.1) is 5.10 Å². The van der Waals surface area contributed by atoms with E-state index in [1.54, 1.807) is 13.3 Å². The van der Waals surface area contributed by atoms with Crippen molar-refractivity contribution in [3.05, 3.63) is 55.0 Å². The van der Waals surface area contributed by atoms with Gasteiger partial charge in [-0.05, 0) is 30.7 Å². The second kappa shape index (κ2) is 8.84. The van der Waals surface area contributed by atoms with Gasteiger partial charge in [0, 0.05) is 57.2 Å². The van der Waals surface area contributed by atoms with Gasteiger partial charge in [-0.3, -0.25) is 9.88 Å². The highest BCUT2D eigenvalue weighted by atomic mass is 16.5. The molecule has 7 nitrogen and oxygen atoms in total. The molecule has 0 amide bonds. The first-order valence-corrected chi connectivity index (χ1v) is 9.74. The molecule has 1 aliphatic rings. The maximum atomic E-state index is 5.50. The molecule has 0 atom stereocenters. The SMILES string of the molecule is COc1ccccc1N1CCN(CCCn2nncc2-c2cccnc2)CC1. The van der Waals surface area contributed by atoms with E-state index in [1.807, 2.05) is 41.3 Å². The lowest BCUT2D eigenvalue weighted by molar-refractivity contribution is 0.248. The molecule has 0 bridgehead atoms. The molecule has 7 heteroatoms. The van der Waals surface area contributed by atoms with Gasteiger partial charge in [0.25, 0.3) is 0 Å². The fraction of sp³-hybridized carbons (Fsp3) is 0.381. The summed E-state index contributed by atoms with van der Waals surface area (Å²) in [5.74, 6) is 0.949. The van der Waals surface area contributed by atoms with Crippen molar-refractivity contribution in [2.45, 2.75) is 13.0 Å². The van der Waals surface area contributed by atoms with E-state index in [9.17, 15) is 0 Å². The molecule has 0 radical (unpaired) electrons. The van der Waals surface area contributed by atoms with Crippen molar-refractivity contribution in [3.8, 4) is 17.0 Å². The van der Waals surface area contributed by atoms with Gasteiger partial charge >= 0.3 is 0 Å². The third-order valence-corrected chi connectivity index (χ3v) is 5.22. The number of aromatic nitrogens is 4. The minimum absolute atomic E-state index is 0.858. The molecule has 2 aromatic heterocycles. The molecule has 4 rings (SSSR count). The summed E-state index contributed by atoms with van der Waals surface area (Å²) in [7, 11) is 1.74. The van der Waals surface area contributed by atoms with Crippen LogP contribution in [0.25, 0.3) is 11.3 Å². The van der Waals surface area contributed by atoms with Gasteiger partial charge in [-0.1, -0.05) is 17.3 Å². The summed E-state index contributed by atoms with van der Waals surface area (Å²) in [5.41, 5.74) is 3.26. The number of pyridine rings is 1. The number of anilines is 1. The van der Waals surface area contributed by atoms with Crippen molar-refractivity contribution < 1.29 is 4.74 Å². The van der Waals surface area contributed by atoms with Crippen LogP contribution in [0.3, 0.4) is 0 Å². The van der Waals surface area contributed by atoms with Crippen LogP contribution >= 0.6 is 0 Å². The Labute approximate surface area is 165 Å². The number of methoxy groups -OCH3 is 1. The molecule has 0 spiro atoms. The van der Waals surface area contributed by atoms with Gasteiger partial charge in [-0.2, -0.15) is 0 Å². The summed E-state index contributed by atoms with van der Waals surface area (Å²) in [6, 6.07) is 12.2. The van der Waals surface area contributed by atoms with Gasteiger partial charge in [-0.25, -0.2) is 4.68 Å². The fourth-order valence-corrected chi connectivity index (χ4v) is 3.71. The highest BCUT2D eigenvalue weighted by Crippen LogP contribution is 2.28. The molecule has 1 aliphatic heterocycles. The predicted molar refractivity (Wildman–Crippen MR) is 110 cm³/mol. The van der Waals surface area contributed by atoms with Crippen molar-refractivity contribution in [2.24, 2.45) is 0 Å². The summed E-state index contributed by atoms with van der Waals surface area (Å²) in [6.45, 7) is 6.08. The molecule has 146 valence electrons. The van der Waals surface area contributed by atoms with Gasteiger partial charge in [0.1, 0.15) is 5.75 Å². The Bertz CT molecular complexity index is 873. The van der Waals surface area contributed by atoms with E-state index in [4.69, 9.17) is 4.74 Å². The molecule has 1 aromatic carbocycles. The third-order valence-electron chi connectivity index (χ3n) is 5.22. The topological polar surface area (TPSA) is 59.3 Å². The van der Waals surface area contributed by atoms with E-state index in [2.05, 4.69) is 37.2 Å². The summed E-state index contributed by atoms with van der Waals surface area (Å²) in [6.07, 6.45) is 6.49. The van der Waals surface area contributed by atoms with Crippen LogP contribution in [-0.2, 0) is 6.54 Å². The van der Waals surface area contributed by atoms with Crippen molar-refractivity contribution in [2.75, 3.05) is 44.7 Å². The summed E-state index contributed by atoms with van der Waals surface area (Å²) in [5, 5.41) is 8.32. The first-order valence-electron chi connectivity index (χ1n) is 9.74. The normalized spacial score (nSPS) is 15.0. The summed E-state index contributed by atoms with van der Waals surface area (Å²) >= 11 is 0. The Morgan fingerprint density at radius 1 is 0.964 bits per heavy atom. The van der Waals surface area contributed by atoms with E-state index in [0.717, 1.165) is 62.7 Å². The Kier molecular flexibility index (Phi) is 5.82. The molecule has 1 fully saturated rings. The van der Waals surface area contributed by atoms with Gasteiger partial charge in [0.2, 0.25) is 0 Å². The first kappa shape index (κ1) is 18.4. The molecule has 0 N–H and O–H groups in total. The number of aryl methyl sites for hydroxylation is 1. The molecule has 1 saturated heterocycles. The van der Waals surface area contributed by atoms with E-state index in [-0.39, 0.29) is 0 Å². The second-order valence-electron chi connectivity index (χ2n) is 6.94. The largest absolute Gasteiger partial charge is 0.495 e. The molecular weight excluding hydrogens is 352 g/mol. The number of nitrogens with zero attached hydrogens (tertiary/aromatic N) is 6. The minimum Gasteiger partial charge on any atom is -0.495 e. The average molecular weight is 378 g/mol. The standard InChI is InChI=1S/C21H26N6O/c1-28-21-8-3-2-7-19(21)26-14-12-25(13-15-26)10-5-11-27-20(17-23-24-27)18-6-4-9-22-16-18/h2-4,6-9,16-17H,5,10-15H2,1H3. The van der Waals surface area contributed by atoms with E-state index < -0.39 is 0 Å². The number of piperazine rings is 1. The van der Waals surface area contributed by atoms with Crippen LogP contribution < -0.4 is 9.64 Å². The maximum absolute atomic E-state index is 5.50. The zero-order valence-electron chi connectivity index (χ0n) is 16.2. The van der Waals surface area contributed by atoms with Crippen LogP contribution in [0.5, 0.6) is 5.75 Å². The number of benzene rings is 1. The number of hydrogen-bond donors (Lipinski definition) is 0. The molecule has 0 aliphatic carbocycles. The lowest BCUT2D eigenvalue weighted by Gasteiger charge is -2.36. The number of rotatable bonds is 7. The van der Waals surface area contributed by atoms with Crippen LogP contribution in [0.1, 0.15) is 6.42 Å². The monoisotopic (exact) mass is 378 g/mol. The van der Waals surface area contributed by atoms with Crippen LogP contribution in [0.2, 0.25) is 0 Å². The van der Waals surface area contributed by atoms with Gasteiger partial charge in [0.15, 0.2) is 0 Å². The number of hydrogen-bond acceptors (Lipinski definition) is 6. The second-order valence-corrected chi connectivity index (χ2v) is 6.94. The number of para-hydroxylation sites is 2. The Hall–Kier alpha value is -2.93. The lowest BCUT2D eigenvalue weighted by atomic mass is 10.2. The smallest absolute Gasteiger partial charge is 0.142 e. The highest BCUT2D eigenvalue weighted by Gasteiger charge is 2.19. The average Bonchev–Trinajstić information content (AvgIpc) is 3.23. The number of ether oxygens (including phenoxy) is 1. The first-order chi connectivity index (χ1) is 13.8. The van der Waals surface area contributed by atoms with Crippen LogP contribution in [0.15, 0.2) is 55.0 Å². The van der Waals surface area contributed by atoms with Crippen LogP contribution in [0.4, 0.5) is 5.69 Å². The molecule has 3 heterocycles. The van der Waals surface area contributed by atoms with E-state index in [1.165, 1.54) is 5.69 Å². The minimum atomic E-state index is 0.858. The zero-order valence-corrected chi connectivity index (χ0v) is 16.2. The zero-order chi connectivity index (χ0) is 19.2. The van der Waals surface area contributed by atoms with Crippen molar-refractivity contribution in [1.82, 2.24) is 24.9 Å².